The van der Waals surface area contributed by atoms with Crippen LogP contribution in [0.4, 0.5) is 23.7 Å². The lowest BCUT2D eigenvalue weighted by Crippen LogP contribution is -2.36. The molecule has 2 aromatic heterocycles. The van der Waals surface area contributed by atoms with Gasteiger partial charge < -0.3 is 20.4 Å². The molecule has 3 aromatic rings. The fourth-order valence-corrected chi connectivity index (χ4v) is 3.91. The van der Waals surface area contributed by atoms with E-state index in [4.69, 9.17) is 4.84 Å². The van der Waals surface area contributed by atoms with Gasteiger partial charge in [-0.05, 0) is 56.6 Å². The Balaban J connectivity index is 1.34. The molecule has 1 aromatic carbocycles. The van der Waals surface area contributed by atoms with E-state index in [9.17, 15) is 18.0 Å². The lowest BCUT2D eigenvalue weighted by molar-refractivity contribution is -0.122. The Bertz CT molecular complexity index is 1170. The number of alkyl halides is 3. The molecule has 3 heterocycles. The van der Waals surface area contributed by atoms with E-state index in [0.29, 0.717) is 17.9 Å². The number of rotatable bonds is 9. The zero-order valence-corrected chi connectivity index (χ0v) is 19.1. The number of halogens is 3. The Morgan fingerprint density at radius 1 is 1.20 bits per heavy atom. The Morgan fingerprint density at radius 2 is 2.03 bits per heavy atom. The number of benzene rings is 1. The van der Waals surface area contributed by atoms with Crippen molar-refractivity contribution in [1.82, 2.24) is 19.6 Å². The van der Waals surface area contributed by atoms with Crippen LogP contribution in [0.3, 0.4) is 0 Å². The van der Waals surface area contributed by atoms with Gasteiger partial charge in [0.2, 0.25) is 0 Å². The highest BCUT2D eigenvalue weighted by atomic mass is 19.4. The van der Waals surface area contributed by atoms with Crippen LogP contribution in [0.1, 0.15) is 24.8 Å². The molecule has 0 atom stereocenters. The van der Waals surface area contributed by atoms with Crippen LogP contribution in [-0.4, -0.2) is 65.5 Å². The second-order valence-corrected chi connectivity index (χ2v) is 8.31. The van der Waals surface area contributed by atoms with Gasteiger partial charge in [-0.2, -0.15) is 13.2 Å². The second-order valence-electron chi connectivity index (χ2n) is 8.31. The first kappa shape index (κ1) is 24.5. The number of pyridine rings is 1. The van der Waals surface area contributed by atoms with Crippen molar-refractivity contribution in [3.05, 3.63) is 54.4 Å². The van der Waals surface area contributed by atoms with Crippen LogP contribution in [0, 0.1) is 0 Å². The first-order valence-corrected chi connectivity index (χ1v) is 11.4. The average molecular weight is 489 g/mol. The van der Waals surface area contributed by atoms with Gasteiger partial charge in [0.15, 0.2) is 0 Å². The third-order valence-corrected chi connectivity index (χ3v) is 5.59. The van der Waals surface area contributed by atoms with E-state index in [1.54, 1.807) is 35.9 Å². The van der Waals surface area contributed by atoms with Crippen molar-refractivity contribution in [2.75, 3.05) is 38.1 Å². The van der Waals surface area contributed by atoms with Crippen molar-refractivity contribution in [1.29, 1.82) is 0 Å². The third kappa shape index (κ3) is 7.19. The van der Waals surface area contributed by atoms with E-state index in [1.807, 2.05) is 28.8 Å². The van der Waals surface area contributed by atoms with E-state index in [2.05, 4.69) is 20.4 Å². The minimum Gasteiger partial charge on any atom is -0.396 e. The first-order chi connectivity index (χ1) is 16.9. The molecule has 0 bridgehead atoms. The van der Waals surface area contributed by atoms with Crippen molar-refractivity contribution in [3.63, 3.8) is 0 Å². The summed E-state index contributed by atoms with van der Waals surface area (Å²) in [4.78, 5) is 24.0. The fraction of sp³-hybridized carbons (Fsp3) is 0.375. The SMILES string of the molecule is O=C(NCC(F)(F)F)Nc1cccc(-c2cnc3cc(C=NOCCCN4CCCC4)ccn23)c1. The zero-order chi connectivity index (χ0) is 24.7. The van der Waals surface area contributed by atoms with Crippen molar-refractivity contribution < 1.29 is 22.8 Å². The summed E-state index contributed by atoms with van der Waals surface area (Å²) in [5, 5.41) is 8.25. The number of likely N-dealkylation sites (tertiary alicyclic amines) is 1. The van der Waals surface area contributed by atoms with Crippen LogP contribution >= 0.6 is 0 Å². The number of hydrogen-bond donors (Lipinski definition) is 2. The molecule has 4 rings (SSSR count). The molecular formula is C24H27F3N6O2. The lowest BCUT2D eigenvalue weighted by Gasteiger charge is -2.12. The van der Waals surface area contributed by atoms with Crippen LogP contribution in [0.5, 0.6) is 0 Å². The number of carbonyl (C=O) groups excluding carboxylic acids is 1. The average Bonchev–Trinajstić information content (AvgIpc) is 3.49. The minimum atomic E-state index is -4.47. The van der Waals surface area contributed by atoms with Gasteiger partial charge >= 0.3 is 12.2 Å². The smallest absolute Gasteiger partial charge is 0.396 e. The molecule has 2 N–H and O–H groups in total. The summed E-state index contributed by atoms with van der Waals surface area (Å²) >= 11 is 0. The van der Waals surface area contributed by atoms with E-state index < -0.39 is 18.8 Å². The maximum absolute atomic E-state index is 12.3. The van der Waals surface area contributed by atoms with Crippen LogP contribution in [0.25, 0.3) is 16.9 Å². The molecule has 11 heteroatoms. The summed E-state index contributed by atoms with van der Waals surface area (Å²) in [6.07, 6.45) is 4.21. The molecule has 8 nitrogen and oxygen atoms in total. The van der Waals surface area contributed by atoms with Gasteiger partial charge in [-0.3, -0.25) is 4.40 Å². The van der Waals surface area contributed by atoms with Crippen molar-refractivity contribution >= 4 is 23.6 Å². The zero-order valence-electron chi connectivity index (χ0n) is 19.1. The van der Waals surface area contributed by atoms with Gasteiger partial charge in [-0.25, -0.2) is 9.78 Å². The van der Waals surface area contributed by atoms with Gasteiger partial charge in [0, 0.05) is 29.6 Å². The van der Waals surface area contributed by atoms with E-state index in [1.165, 1.54) is 25.9 Å². The summed E-state index contributed by atoms with van der Waals surface area (Å²) in [5.74, 6) is 0. The van der Waals surface area contributed by atoms with Gasteiger partial charge in [0.25, 0.3) is 0 Å². The normalized spacial score (nSPS) is 14.6. The summed E-state index contributed by atoms with van der Waals surface area (Å²) < 4.78 is 38.7. The molecule has 0 aliphatic carbocycles. The standard InChI is InChI=1S/C24H27F3N6O2/c25-24(26,27)17-29-23(34)31-20-6-3-5-19(14-20)21-16-28-22-13-18(7-11-33(21)22)15-30-35-12-4-10-32-8-1-2-9-32/h3,5-7,11,13-16H,1-2,4,8-10,12,17H2,(H2,29,31,34). The summed E-state index contributed by atoms with van der Waals surface area (Å²) in [6.45, 7) is 2.55. The molecule has 0 saturated carbocycles. The number of aromatic nitrogens is 2. The molecule has 1 aliphatic rings. The first-order valence-electron chi connectivity index (χ1n) is 11.4. The van der Waals surface area contributed by atoms with Gasteiger partial charge in [0.1, 0.15) is 18.8 Å². The predicted molar refractivity (Wildman–Crippen MR) is 128 cm³/mol. The molecule has 2 amide bonds. The molecule has 0 spiro atoms. The number of nitrogens with zero attached hydrogens (tertiary/aromatic N) is 4. The Hall–Kier alpha value is -3.60. The number of imidazole rings is 1. The van der Waals surface area contributed by atoms with E-state index >= 15 is 0 Å². The Kier molecular flexibility index (Phi) is 7.86. The van der Waals surface area contributed by atoms with Crippen molar-refractivity contribution in [3.8, 4) is 11.3 Å². The minimum absolute atomic E-state index is 0.364. The van der Waals surface area contributed by atoms with Gasteiger partial charge in [0.05, 0.1) is 18.1 Å². The molecule has 186 valence electrons. The number of anilines is 1. The van der Waals surface area contributed by atoms with Gasteiger partial charge in [-0.1, -0.05) is 17.3 Å². The molecule has 0 radical (unpaired) electrons. The molecular weight excluding hydrogens is 461 g/mol. The number of nitrogens with one attached hydrogen (secondary N) is 2. The number of fused-ring (bicyclic) bond motifs is 1. The topological polar surface area (TPSA) is 83.3 Å². The van der Waals surface area contributed by atoms with Gasteiger partial charge in [-0.15, -0.1) is 0 Å². The van der Waals surface area contributed by atoms with Crippen LogP contribution in [-0.2, 0) is 4.84 Å². The Labute approximate surface area is 200 Å². The second kappa shape index (κ2) is 11.2. The van der Waals surface area contributed by atoms with E-state index in [-0.39, 0.29) is 0 Å². The summed E-state index contributed by atoms with van der Waals surface area (Å²) in [7, 11) is 0. The molecule has 1 fully saturated rings. The van der Waals surface area contributed by atoms with E-state index in [0.717, 1.165) is 29.8 Å². The van der Waals surface area contributed by atoms with Crippen LogP contribution in [0.2, 0.25) is 0 Å². The quantitative estimate of drug-likeness (QED) is 0.264. The monoisotopic (exact) mass is 488 g/mol. The highest BCUT2D eigenvalue weighted by molar-refractivity contribution is 5.90. The largest absolute Gasteiger partial charge is 0.405 e. The molecule has 1 aliphatic heterocycles. The maximum Gasteiger partial charge on any atom is 0.405 e. The van der Waals surface area contributed by atoms with Crippen LogP contribution < -0.4 is 10.6 Å². The Morgan fingerprint density at radius 3 is 2.83 bits per heavy atom. The van der Waals surface area contributed by atoms with Crippen molar-refractivity contribution in [2.24, 2.45) is 5.16 Å². The van der Waals surface area contributed by atoms with Crippen molar-refractivity contribution in [2.45, 2.75) is 25.4 Å². The maximum atomic E-state index is 12.3. The fourth-order valence-electron chi connectivity index (χ4n) is 3.91. The number of amides is 2. The summed E-state index contributed by atoms with van der Waals surface area (Å²) in [6, 6.07) is 9.61. The molecule has 0 unspecified atom stereocenters. The number of oxime groups is 1. The molecule has 35 heavy (non-hydrogen) atoms. The van der Waals surface area contributed by atoms with Crippen LogP contribution in [0.15, 0.2) is 53.9 Å². The highest BCUT2D eigenvalue weighted by Gasteiger charge is 2.27. The third-order valence-electron chi connectivity index (χ3n) is 5.59. The predicted octanol–water partition coefficient (Wildman–Crippen LogP) is 4.52. The number of hydrogen-bond acceptors (Lipinski definition) is 5. The lowest BCUT2D eigenvalue weighted by atomic mass is 10.1. The number of carbonyl (C=O) groups is 1. The number of urea groups is 1. The summed E-state index contributed by atoms with van der Waals surface area (Å²) in [5.41, 5.74) is 3.41. The highest BCUT2D eigenvalue weighted by Crippen LogP contribution is 2.24. The molecule has 1 saturated heterocycles.